The standard InChI is InChI=1S/C50H56ClFN8O5/c1-49(2,3)65-48(61)58-25-20-35(30-58)57(4)46-38-27-53-45(42(52)43(38)55-47(56-46)64-31-50-21-8-23-60(50)24-9-22-50)44-41-34(10-7-11-39(41)51)26-40(54-44)59(28-32-12-16-36(62-5)17-13-32)29-33-14-18-37(63-6)19-15-33/h7,10-19,26-27,35H,8-9,20-25,28-31H2,1-6H3/t35-/m1/s1. The third kappa shape index (κ3) is 9.15. The molecule has 0 radical (unpaired) electrons. The van der Waals surface area contributed by atoms with Gasteiger partial charge in [0.15, 0.2) is 5.82 Å². The Bertz CT molecular complexity index is 2640. The van der Waals surface area contributed by atoms with Crippen LogP contribution in [0.15, 0.2) is 79.0 Å². The Labute approximate surface area is 384 Å². The van der Waals surface area contributed by atoms with Crippen LogP contribution < -0.4 is 24.0 Å². The van der Waals surface area contributed by atoms with E-state index in [1.165, 1.54) is 0 Å². The van der Waals surface area contributed by atoms with Crippen molar-refractivity contribution in [2.45, 2.75) is 83.1 Å². The summed E-state index contributed by atoms with van der Waals surface area (Å²) in [4.78, 5) is 41.3. The molecule has 0 saturated carbocycles. The number of amides is 1. The van der Waals surface area contributed by atoms with Crippen LogP contribution >= 0.6 is 11.6 Å². The van der Waals surface area contributed by atoms with Crippen molar-refractivity contribution in [2.24, 2.45) is 0 Å². The van der Waals surface area contributed by atoms with E-state index >= 15 is 4.39 Å². The van der Waals surface area contributed by atoms with E-state index < -0.39 is 11.4 Å². The third-order valence-corrected chi connectivity index (χ3v) is 13.3. The molecule has 340 valence electrons. The van der Waals surface area contributed by atoms with E-state index in [9.17, 15) is 4.79 Å². The fourth-order valence-electron chi connectivity index (χ4n) is 9.61. The van der Waals surface area contributed by atoms with Crippen LogP contribution in [0.1, 0.15) is 64.0 Å². The maximum Gasteiger partial charge on any atom is 0.410 e. The average Bonchev–Trinajstić information content (AvgIpc) is 4.05. The van der Waals surface area contributed by atoms with Crippen LogP contribution in [0.25, 0.3) is 33.1 Å². The normalized spacial score (nSPS) is 17.1. The minimum absolute atomic E-state index is 0.00197. The molecule has 1 amide bonds. The molecule has 3 aliphatic heterocycles. The number of aromatic nitrogens is 4. The van der Waals surface area contributed by atoms with Gasteiger partial charge in [0, 0.05) is 50.9 Å². The number of pyridine rings is 2. The summed E-state index contributed by atoms with van der Waals surface area (Å²) in [5, 5.41) is 2.16. The van der Waals surface area contributed by atoms with Crippen molar-refractivity contribution in [1.29, 1.82) is 0 Å². The number of anilines is 2. The summed E-state index contributed by atoms with van der Waals surface area (Å²) in [6.45, 7) is 9.93. The Morgan fingerprint density at radius 3 is 2.18 bits per heavy atom. The summed E-state index contributed by atoms with van der Waals surface area (Å²) in [6.07, 6.45) is 6.18. The number of ether oxygens (including phenoxy) is 4. The van der Waals surface area contributed by atoms with Crippen LogP contribution in [0.3, 0.4) is 0 Å². The van der Waals surface area contributed by atoms with Crippen molar-refractivity contribution < 1.29 is 28.1 Å². The Morgan fingerprint density at radius 2 is 1.55 bits per heavy atom. The van der Waals surface area contributed by atoms with Crippen molar-refractivity contribution >= 4 is 51.0 Å². The van der Waals surface area contributed by atoms with Crippen molar-refractivity contribution in [1.82, 2.24) is 29.7 Å². The number of benzene rings is 3. The number of rotatable bonds is 13. The number of hydrogen-bond acceptors (Lipinski definition) is 12. The largest absolute Gasteiger partial charge is 0.497 e. The van der Waals surface area contributed by atoms with Crippen molar-refractivity contribution in [3.8, 4) is 28.9 Å². The molecule has 0 bridgehead atoms. The number of likely N-dealkylation sites (tertiary alicyclic amines) is 1. The van der Waals surface area contributed by atoms with E-state index in [-0.39, 0.29) is 40.6 Å². The van der Waals surface area contributed by atoms with Gasteiger partial charge in [-0.2, -0.15) is 9.97 Å². The summed E-state index contributed by atoms with van der Waals surface area (Å²) >= 11 is 6.99. The van der Waals surface area contributed by atoms with Crippen LogP contribution in [0.4, 0.5) is 20.8 Å². The monoisotopic (exact) mass is 902 g/mol. The molecule has 3 fully saturated rings. The molecule has 13 nitrogen and oxygen atoms in total. The quantitative estimate of drug-likeness (QED) is 0.110. The first-order valence-corrected chi connectivity index (χ1v) is 22.7. The Hall–Kier alpha value is -5.99. The third-order valence-electron chi connectivity index (χ3n) is 13.0. The van der Waals surface area contributed by atoms with Gasteiger partial charge < -0.3 is 33.6 Å². The van der Waals surface area contributed by atoms with E-state index in [0.29, 0.717) is 66.6 Å². The smallest absolute Gasteiger partial charge is 0.410 e. The fraction of sp³-hybridized carbons (Fsp3) is 0.420. The number of halogens is 2. The summed E-state index contributed by atoms with van der Waals surface area (Å²) in [5.74, 6) is 1.90. The predicted octanol–water partition coefficient (Wildman–Crippen LogP) is 9.71. The molecular formula is C50H56ClFN8O5. The molecule has 3 aromatic heterocycles. The Morgan fingerprint density at radius 1 is 0.892 bits per heavy atom. The average molecular weight is 903 g/mol. The van der Waals surface area contributed by atoms with Crippen molar-refractivity contribution in [3.63, 3.8) is 0 Å². The van der Waals surface area contributed by atoms with Gasteiger partial charge in [0.05, 0.1) is 30.2 Å². The minimum atomic E-state index is -0.671. The first-order valence-electron chi connectivity index (χ1n) is 22.4. The van der Waals surface area contributed by atoms with E-state index in [0.717, 1.165) is 66.8 Å². The molecule has 0 aliphatic carbocycles. The van der Waals surface area contributed by atoms with E-state index in [1.54, 1.807) is 31.4 Å². The first-order chi connectivity index (χ1) is 31.3. The zero-order valence-corrected chi connectivity index (χ0v) is 38.7. The molecule has 3 aromatic carbocycles. The van der Waals surface area contributed by atoms with Crippen molar-refractivity contribution in [2.75, 3.05) is 63.9 Å². The molecule has 3 saturated heterocycles. The summed E-state index contributed by atoms with van der Waals surface area (Å²) in [7, 11) is 5.20. The van der Waals surface area contributed by atoms with Crippen LogP contribution in [0, 0.1) is 5.82 Å². The van der Waals surface area contributed by atoms with E-state index in [4.69, 9.17) is 50.5 Å². The lowest BCUT2D eigenvalue weighted by molar-refractivity contribution is 0.0292. The molecule has 1 atom stereocenters. The lowest BCUT2D eigenvalue weighted by Crippen LogP contribution is -2.43. The fourth-order valence-corrected chi connectivity index (χ4v) is 9.88. The second-order valence-corrected chi connectivity index (χ2v) is 18.8. The van der Waals surface area contributed by atoms with Crippen LogP contribution in [-0.4, -0.2) is 107 Å². The number of carbonyl (C=O) groups excluding carboxylic acids is 1. The number of nitrogens with zero attached hydrogens (tertiary/aromatic N) is 8. The lowest BCUT2D eigenvalue weighted by atomic mass is 9.95. The van der Waals surface area contributed by atoms with Crippen LogP contribution in [0.2, 0.25) is 5.02 Å². The number of likely N-dealkylation sites (N-methyl/N-ethyl adjacent to an activating group) is 1. The lowest BCUT2D eigenvalue weighted by Gasteiger charge is -2.31. The number of fused-ring (bicyclic) bond motifs is 3. The summed E-state index contributed by atoms with van der Waals surface area (Å²) in [6, 6.07) is 23.3. The number of methoxy groups -OCH3 is 2. The SMILES string of the molecule is COc1ccc(CN(Cc2ccc(OC)cc2)c2cc3cccc(Cl)c3c(-c3ncc4c(N(C)[C@@H]5CCN(C(=O)OC(C)(C)C)C5)nc(OCC56CCCN5CCC6)nc4c3F)n2)cc1. The van der Waals surface area contributed by atoms with Crippen LogP contribution in [0.5, 0.6) is 17.5 Å². The highest BCUT2D eigenvalue weighted by Crippen LogP contribution is 2.41. The summed E-state index contributed by atoms with van der Waals surface area (Å²) in [5.41, 5.74) is 1.67. The van der Waals surface area contributed by atoms with Gasteiger partial charge in [-0.1, -0.05) is 48.0 Å². The second kappa shape index (κ2) is 18.1. The minimum Gasteiger partial charge on any atom is -0.497 e. The maximum absolute atomic E-state index is 17.8. The first kappa shape index (κ1) is 44.2. The highest BCUT2D eigenvalue weighted by molar-refractivity contribution is 6.36. The predicted molar refractivity (Wildman–Crippen MR) is 252 cm³/mol. The molecule has 0 spiro atoms. The van der Waals surface area contributed by atoms with Gasteiger partial charge in [-0.15, -0.1) is 0 Å². The van der Waals surface area contributed by atoms with E-state index in [2.05, 4.69) is 9.80 Å². The Kier molecular flexibility index (Phi) is 12.3. The van der Waals surface area contributed by atoms with Gasteiger partial charge in [0.2, 0.25) is 0 Å². The molecule has 3 aliphatic rings. The van der Waals surface area contributed by atoms with Gasteiger partial charge in [-0.25, -0.2) is 14.2 Å². The van der Waals surface area contributed by atoms with Crippen molar-refractivity contribution in [3.05, 3.63) is 101 Å². The van der Waals surface area contributed by atoms with Crippen LogP contribution in [-0.2, 0) is 17.8 Å². The van der Waals surface area contributed by atoms with Gasteiger partial charge in [-0.05, 0) is 119 Å². The summed E-state index contributed by atoms with van der Waals surface area (Å²) < 4.78 is 41.0. The van der Waals surface area contributed by atoms with Gasteiger partial charge in [0.25, 0.3) is 0 Å². The number of hydrogen-bond donors (Lipinski definition) is 0. The maximum atomic E-state index is 17.8. The molecular weight excluding hydrogens is 847 g/mol. The van der Waals surface area contributed by atoms with Gasteiger partial charge >= 0.3 is 12.1 Å². The van der Waals surface area contributed by atoms with Gasteiger partial charge in [0.1, 0.15) is 52.2 Å². The molecule has 6 aromatic rings. The molecule has 0 unspecified atom stereocenters. The molecule has 9 rings (SSSR count). The molecule has 65 heavy (non-hydrogen) atoms. The second-order valence-electron chi connectivity index (χ2n) is 18.4. The topological polar surface area (TPSA) is 119 Å². The zero-order chi connectivity index (χ0) is 45.5. The van der Waals surface area contributed by atoms with E-state index in [1.807, 2.05) is 99.4 Å². The number of carbonyl (C=O) groups is 1. The Balaban J connectivity index is 1.14. The molecule has 0 N–H and O–H groups in total. The molecule has 6 heterocycles. The zero-order valence-electron chi connectivity index (χ0n) is 37.9. The van der Waals surface area contributed by atoms with Gasteiger partial charge in [-0.3, -0.25) is 9.88 Å². The molecule has 15 heteroatoms. The highest BCUT2D eigenvalue weighted by atomic mass is 35.5. The highest BCUT2D eigenvalue weighted by Gasteiger charge is 2.45.